The average molecular weight is 380 g/mol. The Labute approximate surface area is 132 Å². The molecule has 0 unspecified atom stereocenters. The summed E-state index contributed by atoms with van der Waals surface area (Å²) in [5, 5.41) is 0. The van der Waals surface area contributed by atoms with Gasteiger partial charge in [-0.25, -0.2) is 0 Å². The monoisotopic (exact) mass is 378 g/mol. The van der Waals surface area contributed by atoms with Crippen LogP contribution in [0.1, 0.15) is 0 Å². The first-order chi connectivity index (χ1) is 8.24. The lowest BCUT2D eigenvalue weighted by molar-refractivity contribution is 0.330. The van der Waals surface area contributed by atoms with Crippen LogP contribution in [0.5, 0.6) is 0 Å². The maximum atomic E-state index is 6.29. The Morgan fingerprint density at radius 1 is 0.579 bits per heavy atom. The average Bonchev–Trinajstić information content (AvgIpc) is 2.12. The van der Waals surface area contributed by atoms with E-state index >= 15 is 0 Å². The van der Waals surface area contributed by atoms with E-state index in [-0.39, 0.29) is 0 Å². The van der Waals surface area contributed by atoms with Gasteiger partial charge in [-0.05, 0) is 52.4 Å². The molecule has 116 valence electrons. The molecule has 0 heterocycles. The van der Waals surface area contributed by atoms with Crippen LogP contribution in [0.2, 0.25) is 52.4 Å². The molecule has 0 radical (unpaired) electrons. The van der Waals surface area contributed by atoms with E-state index in [1.165, 1.54) is 0 Å². The van der Waals surface area contributed by atoms with E-state index < -0.39 is 33.8 Å². The van der Waals surface area contributed by atoms with E-state index in [0.29, 0.717) is 11.0 Å². The molecule has 0 rings (SSSR count). The Bertz CT molecular complexity index is 270. The summed E-state index contributed by atoms with van der Waals surface area (Å²) in [4.78, 5) is 0. The third kappa shape index (κ3) is 9.05. The van der Waals surface area contributed by atoms with Crippen molar-refractivity contribution in [1.29, 1.82) is 0 Å². The van der Waals surface area contributed by atoms with E-state index in [0.717, 1.165) is 0 Å². The first-order valence-electron chi connectivity index (χ1n) is 6.47. The smallest absolute Gasteiger partial charge is 0.312 e. The van der Waals surface area contributed by atoms with Crippen LogP contribution in [0.4, 0.5) is 0 Å². The van der Waals surface area contributed by atoms with Crippen molar-refractivity contribution in [2.24, 2.45) is 0 Å². The topological polar surface area (TPSA) is 27.7 Å². The van der Waals surface area contributed by atoms with Gasteiger partial charge in [-0.2, -0.15) is 0 Å². The van der Waals surface area contributed by atoms with Gasteiger partial charge in [0.2, 0.25) is 0 Å². The molecule has 0 atom stereocenters. The molecule has 0 aliphatic heterocycles. The maximum Gasteiger partial charge on any atom is 0.312 e. The van der Waals surface area contributed by atoms with Crippen LogP contribution < -0.4 is 0 Å². The van der Waals surface area contributed by atoms with Crippen molar-refractivity contribution in [2.75, 3.05) is 11.0 Å². The fourth-order valence-electron chi connectivity index (χ4n) is 2.02. The maximum absolute atomic E-state index is 6.29. The van der Waals surface area contributed by atoms with Crippen LogP contribution in [0.25, 0.3) is 0 Å². The van der Waals surface area contributed by atoms with Crippen LogP contribution >= 0.6 is 23.2 Å². The Balaban J connectivity index is 4.72. The first-order valence-corrected chi connectivity index (χ1v) is 19.4. The molecule has 19 heavy (non-hydrogen) atoms. The summed E-state index contributed by atoms with van der Waals surface area (Å²) in [6, 6.07) is 0. The van der Waals surface area contributed by atoms with Gasteiger partial charge in [-0.3, -0.25) is 0 Å². The molecule has 9 heteroatoms. The summed E-state index contributed by atoms with van der Waals surface area (Å²) in [6.07, 6.45) is 0. The molecule has 0 aromatic heterocycles. The zero-order valence-electron chi connectivity index (χ0n) is 13.4. The SMILES string of the molecule is C[Si](C)(CCl)O[Si](C)(C)O[Si](C)(C)O[Si](C)(C)CCl. The van der Waals surface area contributed by atoms with E-state index in [9.17, 15) is 0 Å². The number of halogens is 2. The molecule has 0 bridgehead atoms. The van der Waals surface area contributed by atoms with E-state index in [1.807, 2.05) is 0 Å². The molecular weight excluding hydrogens is 351 g/mol. The van der Waals surface area contributed by atoms with Crippen LogP contribution in [-0.2, 0) is 12.3 Å². The van der Waals surface area contributed by atoms with Gasteiger partial charge in [0.1, 0.15) is 0 Å². The number of rotatable bonds is 8. The highest BCUT2D eigenvalue weighted by molar-refractivity contribution is 6.91. The Hall–Kier alpha value is 1.33. The summed E-state index contributed by atoms with van der Waals surface area (Å²) < 4.78 is 18.7. The predicted molar refractivity (Wildman–Crippen MR) is 94.6 cm³/mol. The molecule has 0 aromatic rings. The van der Waals surface area contributed by atoms with Gasteiger partial charge in [0.25, 0.3) is 0 Å². The molecule has 0 spiro atoms. The second kappa shape index (κ2) is 7.06. The van der Waals surface area contributed by atoms with Crippen molar-refractivity contribution < 1.29 is 12.3 Å². The van der Waals surface area contributed by atoms with Crippen molar-refractivity contribution in [3.63, 3.8) is 0 Å². The number of hydrogen-bond donors (Lipinski definition) is 0. The molecule has 0 amide bonds. The van der Waals surface area contributed by atoms with Gasteiger partial charge in [-0.1, -0.05) is 0 Å². The van der Waals surface area contributed by atoms with Crippen molar-refractivity contribution in [1.82, 2.24) is 0 Å². The minimum absolute atomic E-state index is 0.581. The van der Waals surface area contributed by atoms with Gasteiger partial charge in [-0.15, -0.1) is 23.2 Å². The lowest BCUT2D eigenvalue weighted by Gasteiger charge is -2.40. The highest BCUT2D eigenvalue weighted by Crippen LogP contribution is 2.24. The first kappa shape index (κ1) is 20.3. The minimum atomic E-state index is -2.21. The second-order valence-electron chi connectivity index (χ2n) is 6.89. The quantitative estimate of drug-likeness (QED) is 0.462. The molecule has 3 nitrogen and oxygen atoms in total. The zero-order chi connectivity index (χ0) is 15.5. The molecule has 0 aromatic carbocycles. The summed E-state index contributed by atoms with van der Waals surface area (Å²) in [5.41, 5.74) is 1.16. The van der Waals surface area contributed by atoms with Gasteiger partial charge < -0.3 is 12.3 Å². The third-order valence-corrected chi connectivity index (χ3v) is 19.6. The standard InChI is InChI=1S/C10H28Cl2O3Si4/c1-16(2,9-11)13-18(5,6)15-19(7,8)14-17(3,4)10-12/h9-10H2,1-8H3. The Kier molecular flexibility index (Phi) is 7.55. The molecular formula is C10H28Cl2O3Si4. The highest BCUT2D eigenvalue weighted by atomic mass is 35.5. The van der Waals surface area contributed by atoms with Crippen molar-refractivity contribution in [2.45, 2.75) is 52.4 Å². The number of alkyl halides is 2. The minimum Gasteiger partial charge on any atom is -0.435 e. The predicted octanol–water partition coefficient (Wildman–Crippen LogP) is 4.41. The molecule has 0 fully saturated rings. The largest absolute Gasteiger partial charge is 0.435 e. The zero-order valence-corrected chi connectivity index (χ0v) is 18.9. The molecule has 0 aliphatic rings. The van der Waals surface area contributed by atoms with Crippen LogP contribution in [0.3, 0.4) is 0 Å². The summed E-state index contributed by atoms with van der Waals surface area (Å²) in [6.45, 7) is 16.7. The number of hydrogen-bond acceptors (Lipinski definition) is 3. The van der Waals surface area contributed by atoms with Crippen LogP contribution in [-0.4, -0.2) is 44.8 Å². The second-order valence-corrected chi connectivity index (χ2v) is 24.1. The normalized spacial score (nSPS) is 14.8. The molecule has 0 aliphatic carbocycles. The van der Waals surface area contributed by atoms with Crippen molar-refractivity contribution >= 4 is 57.0 Å². The highest BCUT2D eigenvalue weighted by Gasteiger charge is 2.42. The molecule has 0 N–H and O–H groups in total. The third-order valence-electron chi connectivity index (χ3n) is 2.18. The van der Waals surface area contributed by atoms with Crippen molar-refractivity contribution in [3.8, 4) is 0 Å². The fourth-order valence-corrected chi connectivity index (χ4v) is 19.9. The van der Waals surface area contributed by atoms with E-state index in [2.05, 4.69) is 52.4 Å². The van der Waals surface area contributed by atoms with Gasteiger partial charge in [0.05, 0.1) is 0 Å². The summed E-state index contributed by atoms with van der Waals surface area (Å²) in [5.74, 6) is 0. The summed E-state index contributed by atoms with van der Waals surface area (Å²) >= 11 is 11.9. The van der Waals surface area contributed by atoms with Gasteiger partial charge in [0.15, 0.2) is 16.6 Å². The lowest BCUT2D eigenvalue weighted by Crippen LogP contribution is -2.57. The molecule has 0 saturated carbocycles. The van der Waals surface area contributed by atoms with Crippen molar-refractivity contribution in [3.05, 3.63) is 0 Å². The van der Waals surface area contributed by atoms with E-state index in [4.69, 9.17) is 35.5 Å². The van der Waals surface area contributed by atoms with Gasteiger partial charge in [0, 0.05) is 11.0 Å². The molecule has 0 saturated heterocycles. The lowest BCUT2D eigenvalue weighted by atomic mass is 11.8. The fraction of sp³-hybridized carbons (Fsp3) is 1.00. The van der Waals surface area contributed by atoms with E-state index in [1.54, 1.807) is 0 Å². The summed E-state index contributed by atoms with van der Waals surface area (Å²) in [7, 11) is -8.08. The Morgan fingerprint density at radius 2 is 0.842 bits per heavy atom. The van der Waals surface area contributed by atoms with Gasteiger partial charge >= 0.3 is 17.1 Å². The van der Waals surface area contributed by atoms with Crippen LogP contribution in [0.15, 0.2) is 0 Å². The van der Waals surface area contributed by atoms with Crippen LogP contribution in [0, 0.1) is 0 Å². The Morgan fingerprint density at radius 3 is 1.05 bits per heavy atom.